The van der Waals surface area contributed by atoms with Crippen LogP contribution in [0.4, 0.5) is 0 Å². The van der Waals surface area contributed by atoms with Gasteiger partial charge >= 0.3 is 0 Å². The number of hydrogen-bond acceptors (Lipinski definition) is 3. The zero-order chi connectivity index (χ0) is 16.4. The summed E-state index contributed by atoms with van der Waals surface area (Å²) in [5, 5.41) is 1.58. The van der Waals surface area contributed by atoms with Crippen molar-refractivity contribution in [2.75, 3.05) is 0 Å². The summed E-state index contributed by atoms with van der Waals surface area (Å²) in [7, 11) is 0. The van der Waals surface area contributed by atoms with E-state index in [1.165, 1.54) is 0 Å². The van der Waals surface area contributed by atoms with Crippen molar-refractivity contribution in [1.82, 2.24) is 14.5 Å². The minimum Gasteiger partial charge on any atom is -0.347 e. The normalized spacial score (nSPS) is 11.6. The third-order valence-electron chi connectivity index (χ3n) is 3.76. The number of thiol groups is 1. The predicted octanol–water partition coefficient (Wildman–Crippen LogP) is 4.33. The lowest BCUT2D eigenvalue weighted by Crippen LogP contribution is -2.01. The second-order valence-corrected chi connectivity index (χ2v) is 5.87. The highest BCUT2D eigenvalue weighted by molar-refractivity contribution is 7.80. The van der Waals surface area contributed by atoms with Gasteiger partial charge in [-0.3, -0.25) is 4.79 Å². The van der Waals surface area contributed by atoms with Crippen LogP contribution in [-0.4, -0.2) is 20.3 Å². The molecule has 0 atom stereocenters. The summed E-state index contributed by atoms with van der Waals surface area (Å²) in [6.07, 6.45) is 8.50. The number of aryl methyl sites for hydroxylation is 1. The number of ketones is 1. The number of rotatable bonds is 5. The molecular weight excluding hydrogens is 306 g/mol. The largest absolute Gasteiger partial charge is 0.347 e. The van der Waals surface area contributed by atoms with Crippen LogP contribution in [0.15, 0.2) is 41.7 Å². The molecular formula is C18H19N3OS. The van der Waals surface area contributed by atoms with E-state index >= 15 is 0 Å². The molecule has 0 aliphatic rings. The van der Waals surface area contributed by atoms with Gasteiger partial charge in [0.2, 0.25) is 5.78 Å². The molecule has 5 heteroatoms. The predicted molar refractivity (Wildman–Crippen MR) is 96.2 cm³/mol. The molecule has 0 amide bonds. The Balaban J connectivity index is 2.09. The highest BCUT2D eigenvalue weighted by atomic mass is 32.1. The summed E-state index contributed by atoms with van der Waals surface area (Å²) in [6, 6.07) is 5.64. The zero-order valence-electron chi connectivity index (χ0n) is 13.2. The number of aromatic nitrogens is 3. The van der Waals surface area contributed by atoms with E-state index < -0.39 is 0 Å². The Morgan fingerprint density at radius 2 is 2.30 bits per heavy atom. The summed E-state index contributed by atoms with van der Waals surface area (Å²) in [4.78, 5) is 20.4. The minimum atomic E-state index is -0.0380. The van der Waals surface area contributed by atoms with Gasteiger partial charge in [-0.25, -0.2) is 4.98 Å². The summed E-state index contributed by atoms with van der Waals surface area (Å²) in [6.45, 7) is 4.89. The lowest BCUT2D eigenvalue weighted by Gasteiger charge is -1.99. The van der Waals surface area contributed by atoms with Crippen LogP contribution in [-0.2, 0) is 6.54 Å². The number of carbonyl (C=O) groups excluding carboxylic acids is 1. The van der Waals surface area contributed by atoms with Gasteiger partial charge in [-0.1, -0.05) is 19.1 Å². The number of fused-ring (bicyclic) bond motifs is 1. The molecule has 1 N–H and O–H groups in total. The van der Waals surface area contributed by atoms with Crippen LogP contribution in [0.25, 0.3) is 17.1 Å². The lowest BCUT2D eigenvalue weighted by molar-refractivity contribution is 0.103. The van der Waals surface area contributed by atoms with Crippen molar-refractivity contribution in [2.24, 2.45) is 0 Å². The number of carbonyl (C=O) groups is 1. The van der Waals surface area contributed by atoms with Crippen LogP contribution in [0.2, 0.25) is 0 Å². The third-order valence-corrected chi connectivity index (χ3v) is 4.13. The highest BCUT2D eigenvalue weighted by Gasteiger charge is 2.19. The third kappa shape index (κ3) is 2.84. The number of pyridine rings is 1. The molecule has 0 unspecified atom stereocenters. The van der Waals surface area contributed by atoms with Gasteiger partial charge in [-0.05, 0) is 31.5 Å². The molecule has 4 nitrogen and oxygen atoms in total. The van der Waals surface area contributed by atoms with Gasteiger partial charge in [0.15, 0.2) is 0 Å². The molecule has 118 valence electrons. The number of nitrogens with one attached hydrogen (secondary N) is 1. The molecule has 0 fully saturated rings. The molecule has 0 aliphatic heterocycles. The van der Waals surface area contributed by atoms with E-state index in [0.717, 1.165) is 29.6 Å². The second-order valence-electron chi connectivity index (χ2n) is 5.43. The minimum absolute atomic E-state index is 0.0380. The van der Waals surface area contributed by atoms with Crippen LogP contribution >= 0.6 is 12.6 Å². The molecule has 3 aromatic heterocycles. The molecule has 23 heavy (non-hydrogen) atoms. The molecule has 3 aromatic rings. The van der Waals surface area contributed by atoms with Crippen molar-refractivity contribution in [2.45, 2.75) is 31.8 Å². The summed E-state index contributed by atoms with van der Waals surface area (Å²) in [5.41, 5.74) is 2.98. The number of aromatic amines is 1. The molecule has 0 aromatic carbocycles. The van der Waals surface area contributed by atoms with E-state index in [2.05, 4.69) is 29.5 Å². The van der Waals surface area contributed by atoms with Gasteiger partial charge < -0.3 is 9.55 Å². The molecule has 3 heterocycles. The number of nitrogens with zero attached hydrogens (tertiary/aromatic N) is 2. The lowest BCUT2D eigenvalue weighted by atomic mass is 10.1. The van der Waals surface area contributed by atoms with E-state index in [1.807, 2.05) is 48.0 Å². The Labute approximate surface area is 140 Å². The average molecular weight is 325 g/mol. The Kier molecular flexibility index (Phi) is 4.39. The quantitative estimate of drug-likeness (QED) is 0.542. The summed E-state index contributed by atoms with van der Waals surface area (Å²) in [5.74, 6) is -0.0380. The van der Waals surface area contributed by atoms with Crippen molar-refractivity contribution in [3.63, 3.8) is 0 Å². The SMILES string of the molecule is CC=Cc1cc(C(=O)c2cn(CCC)c3ncccc23)[nH]c1S. The fraction of sp³-hybridized carbons (Fsp3) is 0.222. The topological polar surface area (TPSA) is 50.7 Å². The van der Waals surface area contributed by atoms with Gasteiger partial charge in [0.25, 0.3) is 0 Å². The Hall–Kier alpha value is -2.27. The van der Waals surface area contributed by atoms with E-state index in [1.54, 1.807) is 6.20 Å². The first-order valence-electron chi connectivity index (χ1n) is 7.69. The van der Waals surface area contributed by atoms with Crippen LogP contribution in [0.5, 0.6) is 0 Å². The van der Waals surface area contributed by atoms with Crippen molar-refractivity contribution in [3.05, 3.63) is 53.5 Å². The Morgan fingerprint density at radius 3 is 3.04 bits per heavy atom. The second kappa shape index (κ2) is 6.46. The van der Waals surface area contributed by atoms with Gasteiger partial charge in [0.05, 0.1) is 16.3 Å². The van der Waals surface area contributed by atoms with Gasteiger partial charge in [-0.2, -0.15) is 0 Å². The monoisotopic (exact) mass is 325 g/mol. The van der Waals surface area contributed by atoms with Crippen molar-refractivity contribution in [1.29, 1.82) is 0 Å². The van der Waals surface area contributed by atoms with Gasteiger partial charge in [0.1, 0.15) is 5.65 Å². The van der Waals surface area contributed by atoms with Crippen LogP contribution in [0, 0.1) is 0 Å². The molecule has 0 saturated carbocycles. The molecule has 0 aliphatic carbocycles. The van der Waals surface area contributed by atoms with Crippen molar-refractivity contribution in [3.8, 4) is 0 Å². The van der Waals surface area contributed by atoms with E-state index in [4.69, 9.17) is 0 Å². The molecule has 0 bridgehead atoms. The smallest absolute Gasteiger partial charge is 0.211 e. The zero-order valence-corrected chi connectivity index (χ0v) is 14.1. The van der Waals surface area contributed by atoms with E-state index in [9.17, 15) is 4.79 Å². The van der Waals surface area contributed by atoms with Gasteiger partial charge in [-0.15, -0.1) is 12.6 Å². The first-order valence-corrected chi connectivity index (χ1v) is 8.13. The molecule has 0 spiro atoms. The first kappa shape index (κ1) is 15.6. The average Bonchev–Trinajstić information content (AvgIpc) is 3.10. The maximum absolute atomic E-state index is 12.9. The molecule has 0 radical (unpaired) electrons. The highest BCUT2D eigenvalue weighted by Crippen LogP contribution is 2.24. The number of allylic oxidation sites excluding steroid dienone is 1. The fourth-order valence-corrected chi connectivity index (χ4v) is 3.01. The van der Waals surface area contributed by atoms with Crippen LogP contribution in [0.3, 0.4) is 0 Å². The van der Waals surface area contributed by atoms with Crippen molar-refractivity contribution >= 4 is 35.5 Å². The number of H-pyrrole nitrogens is 1. The Morgan fingerprint density at radius 1 is 1.48 bits per heavy atom. The van der Waals surface area contributed by atoms with Crippen molar-refractivity contribution < 1.29 is 4.79 Å². The fourth-order valence-electron chi connectivity index (χ4n) is 2.75. The maximum atomic E-state index is 12.9. The van der Waals surface area contributed by atoms with E-state index in [0.29, 0.717) is 16.3 Å². The number of hydrogen-bond donors (Lipinski definition) is 2. The standard InChI is InChI=1S/C18H19N3OS/c1-3-6-12-10-15(20-18(12)23)16(22)14-11-21(9-4-2)17-13(14)7-5-8-19-17/h3,5-8,10-11,20,23H,4,9H2,1-2H3. The first-order chi connectivity index (χ1) is 11.2. The van der Waals surface area contributed by atoms with Gasteiger partial charge in [0, 0.05) is 29.9 Å². The van der Waals surface area contributed by atoms with Crippen LogP contribution in [0.1, 0.15) is 41.9 Å². The summed E-state index contributed by atoms with van der Waals surface area (Å²) >= 11 is 4.40. The molecule has 0 saturated heterocycles. The summed E-state index contributed by atoms with van der Waals surface area (Å²) < 4.78 is 2.04. The molecule has 3 rings (SSSR count). The Bertz CT molecular complexity index is 889. The van der Waals surface area contributed by atoms with E-state index in [-0.39, 0.29) is 5.78 Å². The maximum Gasteiger partial charge on any atom is 0.211 e. The van der Waals surface area contributed by atoms with Crippen LogP contribution < -0.4 is 0 Å².